The molecule has 1 fully saturated rings. The molecule has 0 bridgehead atoms. The molecule has 0 aromatic carbocycles. The molecule has 0 radical (unpaired) electrons. The van der Waals surface area contributed by atoms with E-state index in [0.717, 1.165) is 44.9 Å². The second kappa shape index (κ2) is 31.6. The minimum Gasteiger partial charge on any atom is -0.394 e. The average Bonchev–Trinajstić information content (AvgIpc) is 3.11. The zero-order valence-electron chi connectivity index (χ0n) is 31.1. The molecule has 0 aromatic heterocycles. The van der Waals surface area contributed by atoms with Crippen LogP contribution in [0.5, 0.6) is 0 Å². The van der Waals surface area contributed by atoms with Gasteiger partial charge >= 0.3 is 0 Å². The van der Waals surface area contributed by atoms with Gasteiger partial charge in [-0.2, -0.15) is 0 Å². The van der Waals surface area contributed by atoms with Gasteiger partial charge in [-0.05, 0) is 38.5 Å². The third kappa shape index (κ3) is 22.7. The van der Waals surface area contributed by atoms with Crippen molar-refractivity contribution >= 4 is 5.91 Å². The topological polar surface area (TPSA) is 149 Å². The molecule has 1 saturated heterocycles. The molecule has 288 valence electrons. The predicted molar refractivity (Wildman–Crippen MR) is 202 cm³/mol. The lowest BCUT2D eigenvalue weighted by Crippen LogP contribution is -2.60. The fourth-order valence-electron chi connectivity index (χ4n) is 5.76. The second-order valence-corrected chi connectivity index (χ2v) is 13.4. The van der Waals surface area contributed by atoms with Crippen LogP contribution in [-0.4, -0.2) is 87.5 Å². The van der Waals surface area contributed by atoms with Gasteiger partial charge in [0.1, 0.15) is 24.4 Å². The summed E-state index contributed by atoms with van der Waals surface area (Å²) in [5.41, 5.74) is 0. The van der Waals surface area contributed by atoms with E-state index in [1.807, 2.05) is 6.08 Å². The fraction of sp³-hybridized carbons (Fsp3) is 0.732. The highest BCUT2D eigenvalue weighted by atomic mass is 16.7. The Labute approximate surface area is 303 Å². The van der Waals surface area contributed by atoms with Crippen LogP contribution in [0, 0.1) is 0 Å². The molecule has 0 aromatic rings. The Morgan fingerprint density at radius 2 is 1.16 bits per heavy atom. The summed E-state index contributed by atoms with van der Waals surface area (Å²) in [7, 11) is 0. The third-order valence-corrected chi connectivity index (χ3v) is 8.91. The Morgan fingerprint density at radius 3 is 1.66 bits per heavy atom. The molecule has 1 aliphatic rings. The average molecular weight is 706 g/mol. The van der Waals surface area contributed by atoms with Gasteiger partial charge < -0.3 is 40.3 Å². The molecule has 1 amide bonds. The number of ether oxygens (including phenoxy) is 2. The van der Waals surface area contributed by atoms with Crippen LogP contribution in [0.1, 0.15) is 136 Å². The van der Waals surface area contributed by atoms with Crippen LogP contribution in [0.15, 0.2) is 60.8 Å². The van der Waals surface area contributed by atoms with Crippen molar-refractivity contribution in [3.8, 4) is 0 Å². The van der Waals surface area contributed by atoms with Crippen molar-refractivity contribution in [2.75, 3.05) is 13.2 Å². The Balaban J connectivity index is 2.50. The molecule has 0 spiro atoms. The number of amides is 1. The van der Waals surface area contributed by atoms with Gasteiger partial charge in [-0.3, -0.25) is 4.79 Å². The molecule has 1 heterocycles. The first-order valence-electron chi connectivity index (χ1n) is 19.5. The van der Waals surface area contributed by atoms with Crippen LogP contribution in [0.4, 0.5) is 0 Å². The van der Waals surface area contributed by atoms with E-state index in [2.05, 4.69) is 67.8 Å². The summed E-state index contributed by atoms with van der Waals surface area (Å²) >= 11 is 0. The highest BCUT2D eigenvalue weighted by Gasteiger charge is 2.44. The van der Waals surface area contributed by atoms with Gasteiger partial charge in [0.2, 0.25) is 5.91 Å². The van der Waals surface area contributed by atoms with Gasteiger partial charge in [-0.15, -0.1) is 0 Å². The summed E-state index contributed by atoms with van der Waals surface area (Å²) in [5.74, 6) is -0.275. The highest BCUT2D eigenvalue weighted by molar-refractivity contribution is 5.77. The van der Waals surface area contributed by atoms with Crippen molar-refractivity contribution in [3.05, 3.63) is 60.8 Å². The first kappa shape index (κ1) is 45.9. The summed E-state index contributed by atoms with van der Waals surface area (Å²) in [5, 5.41) is 54.0. The van der Waals surface area contributed by atoms with Gasteiger partial charge in [0.25, 0.3) is 0 Å². The Morgan fingerprint density at radius 1 is 0.680 bits per heavy atom. The van der Waals surface area contributed by atoms with Crippen LogP contribution in [0.3, 0.4) is 0 Å². The lowest BCUT2D eigenvalue weighted by Gasteiger charge is -2.40. The highest BCUT2D eigenvalue weighted by Crippen LogP contribution is 2.23. The summed E-state index contributed by atoms with van der Waals surface area (Å²) in [6.07, 6.45) is 32.5. The number of carbonyl (C=O) groups is 1. The molecule has 1 aliphatic heterocycles. The molecule has 9 nitrogen and oxygen atoms in total. The van der Waals surface area contributed by atoms with Crippen LogP contribution in [0.25, 0.3) is 0 Å². The van der Waals surface area contributed by atoms with Crippen molar-refractivity contribution in [1.29, 1.82) is 0 Å². The largest absolute Gasteiger partial charge is 0.394 e. The maximum Gasteiger partial charge on any atom is 0.224 e. The van der Waals surface area contributed by atoms with E-state index < -0.39 is 49.5 Å². The first-order chi connectivity index (χ1) is 24.3. The quantitative estimate of drug-likeness (QED) is 0.0350. The first-order valence-corrected chi connectivity index (χ1v) is 19.5. The number of rotatable bonds is 30. The normalized spacial score (nSPS) is 22.9. The molecule has 7 unspecified atom stereocenters. The molecule has 0 aliphatic carbocycles. The van der Waals surface area contributed by atoms with Crippen molar-refractivity contribution in [3.63, 3.8) is 0 Å². The predicted octanol–water partition coefficient (Wildman–Crippen LogP) is 6.88. The Hall–Kier alpha value is -2.11. The van der Waals surface area contributed by atoms with E-state index in [4.69, 9.17) is 9.47 Å². The maximum atomic E-state index is 12.8. The number of unbranched alkanes of at least 4 members (excludes halogenated alkanes) is 11. The van der Waals surface area contributed by atoms with E-state index in [-0.39, 0.29) is 18.9 Å². The summed E-state index contributed by atoms with van der Waals surface area (Å²) in [6, 6.07) is -0.773. The number of allylic oxidation sites excluding steroid dienone is 9. The smallest absolute Gasteiger partial charge is 0.224 e. The van der Waals surface area contributed by atoms with Crippen LogP contribution >= 0.6 is 0 Å². The van der Waals surface area contributed by atoms with E-state index in [1.165, 1.54) is 57.8 Å². The number of hydrogen-bond donors (Lipinski definition) is 6. The SMILES string of the molecule is CC/C=C\C/C=C\C/C=C\C/C=C\C/C=C\CC(=O)NC(COC1OC(CO)C(O)C(O)C1O)C(O)CCCCCCCCCCCCCC. The fourth-order valence-corrected chi connectivity index (χ4v) is 5.76. The number of aliphatic hydroxyl groups excluding tert-OH is 5. The number of carbonyl (C=O) groups excluding carboxylic acids is 1. The van der Waals surface area contributed by atoms with E-state index in [1.54, 1.807) is 6.08 Å². The molecular weight excluding hydrogens is 634 g/mol. The summed E-state index contributed by atoms with van der Waals surface area (Å²) < 4.78 is 11.2. The number of hydrogen-bond acceptors (Lipinski definition) is 8. The Bertz CT molecular complexity index is 962. The standard InChI is InChI=1S/C41H71NO8/c1-3-5-7-9-11-13-15-17-18-19-21-23-25-27-29-31-37(45)42-34(33-49-41-40(48)39(47)38(46)36(32-43)50-41)35(44)30-28-26-24-22-20-16-14-12-10-8-6-4-2/h5,7,11,13,17-18,21,23,27,29,34-36,38-41,43-44,46-48H,3-4,6,8-10,12,14-16,19-20,22,24-26,28,30-33H2,1-2H3,(H,42,45)/b7-5-,13-11-,18-17-,23-21-,29-27-. The van der Waals surface area contributed by atoms with Gasteiger partial charge in [0.05, 0.1) is 25.4 Å². The van der Waals surface area contributed by atoms with E-state index in [9.17, 15) is 30.3 Å². The van der Waals surface area contributed by atoms with Crippen LogP contribution in [0.2, 0.25) is 0 Å². The summed E-state index contributed by atoms with van der Waals surface area (Å²) in [6.45, 7) is 3.62. The van der Waals surface area contributed by atoms with Crippen molar-refractivity contribution in [2.24, 2.45) is 0 Å². The monoisotopic (exact) mass is 706 g/mol. The van der Waals surface area contributed by atoms with E-state index >= 15 is 0 Å². The van der Waals surface area contributed by atoms with Crippen molar-refractivity contribution in [2.45, 2.75) is 179 Å². The maximum absolute atomic E-state index is 12.8. The molecule has 6 N–H and O–H groups in total. The zero-order chi connectivity index (χ0) is 36.7. The molecule has 1 rings (SSSR count). The second-order valence-electron chi connectivity index (χ2n) is 13.4. The van der Waals surface area contributed by atoms with Crippen LogP contribution < -0.4 is 5.32 Å². The third-order valence-electron chi connectivity index (χ3n) is 8.91. The van der Waals surface area contributed by atoms with Crippen molar-refractivity contribution < 1.29 is 39.8 Å². The molecule has 0 saturated carbocycles. The van der Waals surface area contributed by atoms with E-state index in [0.29, 0.717) is 12.8 Å². The lowest BCUT2D eigenvalue weighted by molar-refractivity contribution is -0.302. The minimum absolute atomic E-state index is 0.134. The van der Waals surface area contributed by atoms with Gasteiger partial charge in [-0.25, -0.2) is 0 Å². The number of aliphatic hydroxyl groups is 5. The van der Waals surface area contributed by atoms with Crippen LogP contribution in [-0.2, 0) is 14.3 Å². The molecular formula is C41H71NO8. The minimum atomic E-state index is -1.57. The molecule has 50 heavy (non-hydrogen) atoms. The molecule has 9 heteroatoms. The number of nitrogens with one attached hydrogen (secondary N) is 1. The Kier molecular flexibility index (Phi) is 29.0. The molecule has 7 atom stereocenters. The van der Waals surface area contributed by atoms with Gasteiger partial charge in [0, 0.05) is 6.42 Å². The van der Waals surface area contributed by atoms with Crippen molar-refractivity contribution in [1.82, 2.24) is 5.32 Å². The van der Waals surface area contributed by atoms with Gasteiger partial charge in [0.15, 0.2) is 6.29 Å². The lowest BCUT2D eigenvalue weighted by atomic mass is 9.99. The van der Waals surface area contributed by atoms with Gasteiger partial charge in [-0.1, -0.05) is 152 Å². The zero-order valence-corrected chi connectivity index (χ0v) is 31.1. The summed E-state index contributed by atoms with van der Waals surface area (Å²) in [4.78, 5) is 12.8.